The number of anilines is 1. The van der Waals surface area contributed by atoms with Gasteiger partial charge in [-0.2, -0.15) is 5.10 Å². The SMILES string of the molecule is N=C1C=C(c2ccc3c(-c4ccc5ccccc5c4)c4ccccc4c(-c4ccc5ccccc5c4)c3c2)C=C/C1=N/Nc1ccc(-c2cnc3ccccc3c2)cc1. The van der Waals surface area contributed by atoms with Crippen molar-refractivity contribution in [2.24, 2.45) is 5.10 Å². The highest BCUT2D eigenvalue weighted by Crippen LogP contribution is 2.45. The van der Waals surface area contributed by atoms with Crippen molar-refractivity contribution < 1.29 is 0 Å². The van der Waals surface area contributed by atoms with Crippen molar-refractivity contribution in [3.63, 3.8) is 0 Å². The van der Waals surface area contributed by atoms with Crippen molar-refractivity contribution in [3.05, 3.63) is 212 Å². The molecule has 0 unspecified atom stereocenters. The van der Waals surface area contributed by atoms with Gasteiger partial charge in [-0.25, -0.2) is 0 Å². The average molecular weight is 753 g/mol. The van der Waals surface area contributed by atoms with E-state index < -0.39 is 0 Å². The smallest absolute Gasteiger partial charge is 0.108 e. The van der Waals surface area contributed by atoms with Crippen LogP contribution in [0.1, 0.15) is 5.56 Å². The summed E-state index contributed by atoms with van der Waals surface area (Å²) in [5.74, 6) is 0. The Morgan fingerprint density at radius 2 is 0.966 bits per heavy atom. The zero-order valence-corrected chi connectivity index (χ0v) is 32.0. The molecule has 0 bridgehead atoms. The third kappa shape index (κ3) is 6.24. The van der Waals surface area contributed by atoms with Crippen molar-refractivity contribution in [1.29, 1.82) is 5.41 Å². The Morgan fingerprint density at radius 3 is 1.64 bits per heavy atom. The quantitative estimate of drug-likeness (QED) is 0.101. The van der Waals surface area contributed by atoms with E-state index in [1.54, 1.807) is 0 Å². The van der Waals surface area contributed by atoms with Gasteiger partial charge in [0.1, 0.15) is 5.71 Å². The molecule has 2 N–H and O–H groups in total. The second-order valence-electron chi connectivity index (χ2n) is 15.1. The van der Waals surface area contributed by atoms with E-state index in [-0.39, 0.29) is 0 Å². The predicted molar refractivity (Wildman–Crippen MR) is 250 cm³/mol. The van der Waals surface area contributed by atoms with Crippen molar-refractivity contribution in [2.75, 3.05) is 5.43 Å². The minimum atomic E-state index is 0.346. The number of hydrogen-bond acceptors (Lipinski definition) is 4. The molecule has 276 valence electrons. The second-order valence-corrected chi connectivity index (χ2v) is 15.1. The number of allylic oxidation sites excluding steroid dienone is 4. The van der Waals surface area contributed by atoms with E-state index in [1.165, 1.54) is 65.3 Å². The summed E-state index contributed by atoms with van der Waals surface area (Å²) in [4.78, 5) is 4.62. The maximum atomic E-state index is 9.04. The van der Waals surface area contributed by atoms with Gasteiger partial charge in [0.05, 0.1) is 16.9 Å². The Balaban J connectivity index is 0.969. The van der Waals surface area contributed by atoms with E-state index in [0.717, 1.165) is 38.9 Å². The summed E-state index contributed by atoms with van der Waals surface area (Å²) in [6.45, 7) is 0. The molecule has 0 amide bonds. The first-order valence-corrected chi connectivity index (χ1v) is 19.9. The molecule has 9 aromatic carbocycles. The zero-order chi connectivity index (χ0) is 39.3. The summed E-state index contributed by atoms with van der Waals surface area (Å²) < 4.78 is 0. The van der Waals surface area contributed by atoms with Gasteiger partial charge in [0, 0.05) is 17.1 Å². The third-order valence-corrected chi connectivity index (χ3v) is 11.5. The van der Waals surface area contributed by atoms with E-state index in [9.17, 15) is 0 Å². The number of hydrazone groups is 1. The number of para-hydroxylation sites is 1. The highest BCUT2D eigenvalue weighted by molar-refractivity contribution is 6.51. The molecular formula is C55H36N4. The van der Waals surface area contributed by atoms with Crippen LogP contribution in [0.4, 0.5) is 5.69 Å². The molecule has 0 radical (unpaired) electrons. The lowest BCUT2D eigenvalue weighted by atomic mass is 9.84. The molecule has 0 aliphatic heterocycles. The molecule has 0 spiro atoms. The van der Waals surface area contributed by atoms with Crippen molar-refractivity contribution in [1.82, 2.24) is 4.98 Å². The van der Waals surface area contributed by atoms with Gasteiger partial charge < -0.3 is 0 Å². The van der Waals surface area contributed by atoms with Gasteiger partial charge in [0.15, 0.2) is 0 Å². The summed E-state index contributed by atoms with van der Waals surface area (Å²) >= 11 is 0. The predicted octanol–water partition coefficient (Wildman–Crippen LogP) is 14.3. The van der Waals surface area contributed by atoms with Gasteiger partial charge in [-0.05, 0) is 137 Å². The van der Waals surface area contributed by atoms with Crippen LogP contribution in [0.5, 0.6) is 0 Å². The number of hydrogen-bond donors (Lipinski definition) is 2. The number of nitrogens with one attached hydrogen (secondary N) is 2. The lowest BCUT2D eigenvalue weighted by Gasteiger charge is -2.20. The van der Waals surface area contributed by atoms with Gasteiger partial charge in [-0.15, -0.1) is 0 Å². The van der Waals surface area contributed by atoms with Gasteiger partial charge in [0.2, 0.25) is 0 Å². The summed E-state index contributed by atoms with van der Waals surface area (Å²) in [5.41, 5.74) is 14.9. The lowest BCUT2D eigenvalue weighted by Crippen LogP contribution is -2.13. The highest BCUT2D eigenvalue weighted by atomic mass is 15.3. The minimum Gasteiger partial charge on any atom is -0.299 e. The Hall–Kier alpha value is -7.95. The molecule has 1 aliphatic rings. The number of pyridine rings is 1. The molecule has 1 aromatic heterocycles. The normalized spacial score (nSPS) is 13.5. The van der Waals surface area contributed by atoms with Crippen LogP contribution in [0.15, 0.2) is 212 Å². The third-order valence-electron chi connectivity index (χ3n) is 11.5. The van der Waals surface area contributed by atoms with Crippen LogP contribution in [0.2, 0.25) is 0 Å². The number of nitrogens with zero attached hydrogens (tertiary/aromatic N) is 2. The summed E-state index contributed by atoms with van der Waals surface area (Å²) in [7, 11) is 0. The van der Waals surface area contributed by atoms with Crippen LogP contribution in [0, 0.1) is 5.41 Å². The zero-order valence-electron chi connectivity index (χ0n) is 32.0. The number of fused-ring (bicyclic) bond motifs is 5. The molecule has 11 rings (SSSR count). The first-order chi connectivity index (χ1) is 29.1. The molecule has 0 saturated carbocycles. The molecular weight excluding hydrogens is 717 g/mol. The van der Waals surface area contributed by atoms with Crippen LogP contribution in [-0.4, -0.2) is 16.4 Å². The Labute approximate surface area is 341 Å². The molecule has 4 nitrogen and oxygen atoms in total. The van der Waals surface area contributed by atoms with Gasteiger partial charge in [-0.1, -0.05) is 146 Å². The average Bonchev–Trinajstić information content (AvgIpc) is 3.30. The van der Waals surface area contributed by atoms with Crippen LogP contribution in [-0.2, 0) is 0 Å². The molecule has 1 aliphatic carbocycles. The van der Waals surface area contributed by atoms with Gasteiger partial charge >= 0.3 is 0 Å². The van der Waals surface area contributed by atoms with E-state index in [0.29, 0.717) is 11.4 Å². The second kappa shape index (κ2) is 14.2. The first kappa shape index (κ1) is 34.3. The largest absolute Gasteiger partial charge is 0.299 e. The van der Waals surface area contributed by atoms with Gasteiger partial charge in [0.25, 0.3) is 0 Å². The van der Waals surface area contributed by atoms with Crippen molar-refractivity contribution in [3.8, 4) is 33.4 Å². The molecule has 4 heteroatoms. The minimum absolute atomic E-state index is 0.346. The monoisotopic (exact) mass is 752 g/mol. The molecule has 0 saturated heterocycles. The van der Waals surface area contributed by atoms with Crippen LogP contribution >= 0.6 is 0 Å². The Bertz CT molecular complexity index is 3430. The fraction of sp³-hybridized carbons (Fsp3) is 0. The summed E-state index contributed by atoms with van der Waals surface area (Å²) in [6, 6.07) is 64.8. The van der Waals surface area contributed by atoms with E-state index >= 15 is 0 Å². The van der Waals surface area contributed by atoms with E-state index in [1.807, 2.05) is 48.7 Å². The van der Waals surface area contributed by atoms with Crippen molar-refractivity contribution >= 4 is 76.7 Å². The van der Waals surface area contributed by atoms with Crippen LogP contribution < -0.4 is 5.43 Å². The number of benzene rings is 9. The Kier molecular flexibility index (Phi) is 8.26. The first-order valence-electron chi connectivity index (χ1n) is 19.9. The maximum absolute atomic E-state index is 9.04. The molecule has 10 aromatic rings. The molecule has 59 heavy (non-hydrogen) atoms. The highest BCUT2D eigenvalue weighted by Gasteiger charge is 2.19. The lowest BCUT2D eigenvalue weighted by molar-refractivity contribution is 1.34. The molecule has 0 atom stereocenters. The van der Waals surface area contributed by atoms with Crippen LogP contribution in [0.25, 0.3) is 92.9 Å². The number of aromatic nitrogens is 1. The van der Waals surface area contributed by atoms with Crippen LogP contribution in [0.3, 0.4) is 0 Å². The summed E-state index contributed by atoms with van der Waals surface area (Å²) in [5, 5.41) is 24.4. The topological polar surface area (TPSA) is 61.1 Å². The van der Waals surface area contributed by atoms with Gasteiger partial charge in [-0.3, -0.25) is 15.8 Å². The van der Waals surface area contributed by atoms with Crippen molar-refractivity contribution in [2.45, 2.75) is 0 Å². The fourth-order valence-corrected chi connectivity index (χ4v) is 8.57. The number of rotatable bonds is 6. The molecule has 0 fully saturated rings. The maximum Gasteiger partial charge on any atom is 0.108 e. The molecule has 1 heterocycles. The fourth-order valence-electron chi connectivity index (χ4n) is 8.57. The summed E-state index contributed by atoms with van der Waals surface area (Å²) in [6.07, 6.45) is 7.82. The van der Waals surface area contributed by atoms with E-state index in [2.05, 4.69) is 173 Å². The standard InChI is InChI=1S/C55H36N4/c56-51-33-41(24-28-53(51)59-58-46-25-21-37(22-26-46)45-31-42-13-5-8-16-52(42)57-34-45)40-23-27-49-50(32-40)55(44-20-18-36-10-2-4-12-39(36)30-44)48-15-7-6-14-47(48)54(49)43-19-17-35-9-1-3-11-38(35)29-43/h1-34,56,58H/b56-51?,59-53-. The Morgan fingerprint density at radius 1 is 0.424 bits per heavy atom. The van der Waals surface area contributed by atoms with E-state index in [4.69, 9.17) is 5.41 Å².